The smallest absolute Gasteiger partial charge is 0.338 e. The van der Waals surface area contributed by atoms with Crippen LogP contribution in [-0.4, -0.2) is 30.4 Å². The van der Waals surface area contributed by atoms with Crippen LogP contribution in [-0.2, 0) is 14.3 Å². The Bertz CT molecular complexity index is 610. The van der Waals surface area contributed by atoms with Gasteiger partial charge in [0.25, 0.3) is 5.91 Å². The molecule has 1 aromatic rings. The van der Waals surface area contributed by atoms with Gasteiger partial charge in [-0.15, -0.1) is 0 Å². The van der Waals surface area contributed by atoms with E-state index in [0.717, 1.165) is 12.8 Å². The van der Waals surface area contributed by atoms with Gasteiger partial charge < -0.3 is 14.8 Å². The summed E-state index contributed by atoms with van der Waals surface area (Å²) in [6.07, 6.45) is 2.17. The molecule has 6 nitrogen and oxygen atoms in total. The Kier molecular flexibility index (Phi) is 3.60. The third-order valence-electron chi connectivity index (χ3n) is 3.60. The van der Waals surface area contributed by atoms with E-state index in [-0.39, 0.29) is 18.3 Å². The van der Waals surface area contributed by atoms with Gasteiger partial charge in [-0.1, -0.05) is 0 Å². The van der Waals surface area contributed by atoms with Crippen molar-refractivity contribution in [3.63, 3.8) is 0 Å². The Hall–Kier alpha value is -2.37. The van der Waals surface area contributed by atoms with Crippen LogP contribution in [0.5, 0.6) is 5.75 Å². The number of esters is 1. The zero-order chi connectivity index (χ0) is 14.8. The van der Waals surface area contributed by atoms with Crippen molar-refractivity contribution < 1.29 is 23.9 Å². The molecule has 1 heterocycles. The van der Waals surface area contributed by atoms with Crippen LogP contribution >= 0.6 is 0 Å². The van der Waals surface area contributed by atoms with Crippen molar-refractivity contribution in [1.29, 1.82) is 0 Å². The quantitative estimate of drug-likeness (QED) is 0.838. The minimum Gasteiger partial charge on any atom is -0.482 e. The second-order valence-electron chi connectivity index (χ2n) is 5.15. The number of hydrogen-bond acceptors (Lipinski definition) is 5. The summed E-state index contributed by atoms with van der Waals surface area (Å²) in [6.45, 7) is -0.0768. The van der Waals surface area contributed by atoms with E-state index < -0.39 is 12.1 Å². The minimum absolute atomic E-state index is 0.0175. The number of hydrogen-bond donors (Lipinski definition) is 1. The molecule has 3 rings (SSSR count). The highest BCUT2D eigenvalue weighted by Gasteiger charge is 2.27. The van der Waals surface area contributed by atoms with Gasteiger partial charge in [-0.2, -0.15) is 0 Å². The predicted molar refractivity (Wildman–Crippen MR) is 73.2 cm³/mol. The summed E-state index contributed by atoms with van der Waals surface area (Å²) in [7, 11) is 0. The molecule has 1 fully saturated rings. The van der Waals surface area contributed by atoms with E-state index in [1.165, 1.54) is 6.07 Å². The van der Waals surface area contributed by atoms with Crippen LogP contribution in [0.15, 0.2) is 18.2 Å². The van der Waals surface area contributed by atoms with Gasteiger partial charge in [-0.05, 0) is 37.5 Å². The predicted octanol–water partition coefficient (Wildman–Crippen LogP) is 1.69. The van der Waals surface area contributed by atoms with Crippen LogP contribution in [0, 0.1) is 0 Å². The van der Waals surface area contributed by atoms with Crippen LogP contribution in [0.2, 0.25) is 0 Å². The fraction of sp³-hybridized carbons (Fsp3) is 0.400. The van der Waals surface area contributed by atoms with Crippen molar-refractivity contribution in [2.45, 2.75) is 31.8 Å². The topological polar surface area (TPSA) is 81.7 Å². The summed E-state index contributed by atoms with van der Waals surface area (Å²) in [5.74, 6) is -0.362. The highest BCUT2D eigenvalue weighted by Crippen LogP contribution is 2.29. The lowest BCUT2D eigenvalue weighted by atomic mass is 9.96. The molecule has 1 aliphatic heterocycles. The summed E-state index contributed by atoms with van der Waals surface area (Å²) >= 11 is 0. The summed E-state index contributed by atoms with van der Waals surface area (Å²) in [6, 6.07) is 4.65. The molecule has 0 aromatic heterocycles. The van der Waals surface area contributed by atoms with E-state index in [2.05, 4.69) is 5.32 Å². The maximum absolute atomic E-state index is 12.1. The van der Waals surface area contributed by atoms with Crippen molar-refractivity contribution in [2.24, 2.45) is 0 Å². The van der Waals surface area contributed by atoms with Crippen molar-refractivity contribution in [3.8, 4) is 5.75 Å². The van der Waals surface area contributed by atoms with E-state index in [9.17, 15) is 14.4 Å². The number of carbonyl (C=O) groups excluding carboxylic acids is 3. The SMILES string of the molecule is O=C1COc2cc(C(=O)O[C@@H]3CCCCC3=O)ccc2N1. The first kappa shape index (κ1) is 13.6. The number of anilines is 1. The largest absolute Gasteiger partial charge is 0.482 e. The molecule has 0 radical (unpaired) electrons. The van der Waals surface area contributed by atoms with E-state index in [4.69, 9.17) is 9.47 Å². The summed E-state index contributed by atoms with van der Waals surface area (Å²) in [5, 5.41) is 2.64. The normalized spacial score (nSPS) is 21.0. The molecular weight excluding hydrogens is 274 g/mol. The van der Waals surface area contributed by atoms with Gasteiger partial charge in [0.2, 0.25) is 0 Å². The molecule has 0 bridgehead atoms. The lowest BCUT2D eigenvalue weighted by Gasteiger charge is -2.21. The third kappa shape index (κ3) is 2.89. The average molecular weight is 289 g/mol. The van der Waals surface area contributed by atoms with Gasteiger partial charge in [0, 0.05) is 6.42 Å². The Balaban J connectivity index is 1.73. The fourth-order valence-corrected chi connectivity index (χ4v) is 2.47. The highest BCUT2D eigenvalue weighted by molar-refractivity contribution is 5.98. The van der Waals surface area contributed by atoms with Gasteiger partial charge in [-0.3, -0.25) is 9.59 Å². The molecule has 2 aliphatic rings. The first-order chi connectivity index (χ1) is 10.1. The van der Waals surface area contributed by atoms with E-state index in [1.54, 1.807) is 12.1 Å². The Morgan fingerprint density at radius 2 is 2.14 bits per heavy atom. The lowest BCUT2D eigenvalue weighted by molar-refractivity contribution is -0.130. The molecular formula is C15H15NO5. The van der Waals surface area contributed by atoms with Crippen molar-refractivity contribution in [3.05, 3.63) is 23.8 Å². The van der Waals surface area contributed by atoms with Crippen LogP contribution in [0.1, 0.15) is 36.0 Å². The molecule has 0 unspecified atom stereocenters. The summed E-state index contributed by atoms with van der Waals surface area (Å²) in [4.78, 5) is 34.9. The second-order valence-corrected chi connectivity index (χ2v) is 5.15. The molecule has 6 heteroatoms. The molecule has 1 N–H and O–H groups in total. The van der Waals surface area contributed by atoms with Crippen molar-refractivity contribution >= 4 is 23.3 Å². The maximum Gasteiger partial charge on any atom is 0.338 e. The third-order valence-corrected chi connectivity index (χ3v) is 3.60. The number of rotatable bonds is 2. The number of nitrogens with one attached hydrogen (secondary N) is 1. The molecule has 1 aromatic carbocycles. The van der Waals surface area contributed by atoms with Gasteiger partial charge >= 0.3 is 5.97 Å². The molecule has 1 amide bonds. The zero-order valence-corrected chi connectivity index (χ0v) is 11.4. The molecule has 1 atom stereocenters. The summed E-state index contributed by atoms with van der Waals surface area (Å²) < 4.78 is 10.5. The molecule has 0 spiro atoms. The minimum atomic E-state index is -0.636. The first-order valence-corrected chi connectivity index (χ1v) is 6.94. The van der Waals surface area contributed by atoms with Gasteiger partial charge in [0.15, 0.2) is 18.5 Å². The first-order valence-electron chi connectivity index (χ1n) is 6.94. The van der Waals surface area contributed by atoms with Gasteiger partial charge in [-0.25, -0.2) is 4.79 Å². The fourth-order valence-electron chi connectivity index (χ4n) is 2.47. The highest BCUT2D eigenvalue weighted by atomic mass is 16.5. The van der Waals surface area contributed by atoms with Crippen molar-refractivity contribution in [2.75, 3.05) is 11.9 Å². The standard InChI is InChI=1S/C15H15NO5/c17-11-3-1-2-4-12(11)21-15(19)9-5-6-10-13(7-9)20-8-14(18)16-10/h5-7,12H,1-4,8H2,(H,16,18)/t12-/m1/s1. The Morgan fingerprint density at radius 3 is 2.95 bits per heavy atom. The van der Waals surface area contributed by atoms with Crippen LogP contribution < -0.4 is 10.1 Å². The number of benzene rings is 1. The van der Waals surface area contributed by atoms with E-state index in [1.807, 2.05) is 0 Å². The number of carbonyl (C=O) groups is 3. The van der Waals surface area contributed by atoms with Gasteiger partial charge in [0.1, 0.15) is 5.75 Å². The van der Waals surface area contributed by atoms with E-state index in [0.29, 0.717) is 29.8 Å². The Morgan fingerprint density at radius 1 is 1.29 bits per heavy atom. The molecule has 110 valence electrons. The number of ketones is 1. The molecule has 1 aliphatic carbocycles. The monoisotopic (exact) mass is 289 g/mol. The van der Waals surface area contributed by atoms with Crippen LogP contribution in [0.25, 0.3) is 0 Å². The number of fused-ring (bicyclic) bond motifs is 1. The van der Waals surface area contributed by atoms with E-state index >= 15 is 0 Å². The number of Topliss-reactive ketones (excluding diaryl/α,β-unsaturated/α-hetero) is 1. The van der Waals surface area contributed by atoms with Gasteiger partial charge in [0.05, 0.1) is 11.3 Å². The summed E-state index contributed by atoms with van der Waals surface area (Å²) in [5.41, 5.74) is 0.833. The average Bonchev–Trinajstić information content (AvgIpc) is 2.49. The lowest BCUT2D eigenvalue weighted by Crippen LogP contribution is -2.30. The molecule has 0 saturated heterocycles. The molecule has 1 saturated carbocycles. The zero-order valence-electron chi connectivity index (χ0n) is 11.4. The van der Waals surface area contributed by atoms with Crippen LogP contribution in [0.3, 0.4) is 0 Å². The Labute approximate surface area is 121 Å². The van der Waals surface area contributed by atoms with Crippen molar-refractivity contribution in [1.82, 2.24) is 0 Å². The van der Waals surface area contributed by atoms with Crippen LogP contribution in [0.4, 0.5) is 5.69 Å². The number of ether oxygens (including phenoxy) is 2. The molecule has 21 heavy (non-hydrogen) atoms. The second kappa shape index (κ2) is 5.55. The maximum atomic E-state index is 12.1. The number of amides is 1.